The Balaban J connectivity index is 1.92. The summed E-state index contributed by atoms with van der Waals surface area (Å²) in [5.41, 5.74) is 2.36. The molecule has 116 valence electrons. The number of aliphatic hydroxyl groups excluding tert-OH is 1. The highest BCUT2D eigenvalue weighted by molar-refractivity contribution is 7.98. The molecule has 2 atom stereocenters. The first-order valence-corrected chi connectivity index (χ1v) is 8.86. The van der Waals surface area contributed by atoms with Gasteiger partial charge < -0.3 is 15.7 Å². The average Bonchev–Trinajstić information content (AvgIpc) is 2.81. The van der Waals surface area contributed by atoms with Crippen LogP contribution in [0.4, 0.5) is 4.79 Å². The molecule has 0 heterocycles. The third kappa shape index (κ3) is 4.53. The van der Waals surface area contributed by atoms with Gasteiger partial charge in [-0.2, -0.15) is 11.8 Å². The zero-order valence-electron chi connectivity index (χ0n) is 12.1. The fraction of sp³-hybridized carbons (Fsp3) is 0.533. The van der Waals surface area contributed by atoms with Crippen molar-refractivity contribution in [1.29, 1.82) is 0 Å². The van der Waals surface area contributed by atoms with Crippen LogP contribution in [-0.4, -0.2) is 35.8 Å². The first kappa shape index (κ1) is 16.5. The predicted molar refractivity (Wildman–Crippen MR) is 88.1 cm³/mol. The minimum Gasteiger partial charge on any atom is -0.396 e. The van der Waals surface area contributed by atoms with Crippen LogP contribution in [-0.2, 0) is 6.42 Å². The van der Waals surface area contributed by atoms with Crippen LogP contribution >= 0.6 is 23.4 Å². The van der Waals surface area contributed by atoms with E-state index >= 15 is 0 Å². The fourth-order valence-corrected chi connectivity index (χ4v) is 3.52. The summed E-state index contributed by atoms with van der Waals surface area (Å²) in [6, 6.07) is 5.69. The van der Waals surface area contributed by atoms with Crippen LogP contribution in [0.3, 0.4) is 0 Å². The molecule has 0 aliphatic heterocycles. The van der Waals surface area contributed by atoms with Gasteiger partial charge in [-0.3, -0.25) is 0 Å². The van der Waals surface area contributed by atoms with Gasteiger partial charge in [0.1, 0.15) is 0 Å². The molecule has 1 aliphatic carbocycles. The maximum atomic E-state index is 12.1. The number of aryl methyl sites for hydroxylation is 1. The molecule has 0 saturated carbocycles. The molecule has 0 fully saturated rings. The smallest absolute Gasteiger partial charge is 0.315 e. The molecule has 0 bridgehead atoms. The molecule has 4 nitrogen and oxygen atoms in total. The van der Waals surface area contributed by atoms with Crippen LogP contribution in [0.25, 0.3) is 0 Å². The van der Waals surface area contributed by atoms with Gasteiger partial charge in [0.25, 0.3) is 0 Å². The SMILES string of the molecule is CSCC(CCO)NC(=O)NC1CCc2cc(Cl)ccc21. The Morgan fingerprint density at radius 3 is 3.10 bits per heavy atom. The number of halogens is 1. The van der Waals surface area contributed by atoms with Crippen molar-refractivity contribution in [3.05, 3.63) is 34.3 Å². The van der Waals surface area contributed by atoms with Gasteiger partial charge in [0, 0.05) is 23.4 Å². The number of aliphatic hydroxyl groups is 1. The van der Waals surface area contributed by atoms with Gasteiger partial charge in [0.15, 0.2) is 0 Å². The first-order chi connectivity index (χ1) is 10.1. The molecular formula is C15H21ClN2O2S. The van der Waals surface area contributed by atoms with E-state index in [4.69, 9.17) is 16.7 Å². The molecule has 21 heavy (non-hydrogen) atoms. The Morgan fingerprint density at radius 2 is 2.38 bits per heavy atom. The minimum atomic E-state index is -0.171. The number of benzene rings is 1. The van der Waals surface area contributed by atoms with Crippen molar-refractivity contribution in [3.8, 4) is 0 Å². The van der Waals surface area contributed by atoms with Crippen LogP contribution in [0.5, 0.6) is 0 Å². The predicted octanol–water partition coefficient (Wildman–Crippen LogP) is 2.74. The monoisotopic (exact) mass is 328 g/mol. The number of nitrogens with one attached hydrogen (secondary N) is 2. The molecule has 0 saturated heterocycles. The zero-order valence-corrected chi connectivity index (χ0v) is 13.6. The van der Waals surface area contributed by atoms with Crippen molar-refractivity contribution in [2.24, 2.45) is 0 Å². The molecular weight excluding hydrogens is 308 g/mol. The number of carbonyl (C=O) groups excluding carboxylic acids is 1. The number of thioether (sulfide) groups is 1. The number of amides is 2. The molecule has 6 heteroatoms. The molecule has 1 aliphatic rings. The van der Waals surface area contributed by atoms with Crippen LogP contribution < -0.4 is 10.6 Å². The van der Waals surface area contributed by atoms with Crippen molar-refractivity contribution in [3.63, 3.8) is 0 Å². The minimum absolute atomic E-state index is 0.00362. The lowest BCUT2D eigenvalue weighted by Gasteiger charge is -2.20. The molecule has 0 spiro atoms. The van der Waals surface area contributed by atoms with Gasteiger partial charge in [-0.25, -0.2) is 4.79 Å². The maximum Gasteiger partial charge on any atom is 0.315 e. The summed E-state index contributed by atoms with van der Waals surface area (Å²) in [7, 11) is 0. The molecule has 3 N–H and O–H groups in total. The van der Waals surface area contributed by atoms with E-state index in [1.165, 1.54) is 5.56 Å². The summed E-state index contributed by atoms with van der Waals surface area (Å²) in [6.45, 7) is 0.0796. The fourth-order valence-electron chi connectivity index (χ4n) is 2.68. The standard InChI is InChI=1S/C15H21ClN2O2S/c1-21-9-12(6-7-19)17-15(20)18-14-5-2-10-8-11(16)3-4-13(10)14/h3-4,8,12,14,19H,2,5-7,9H2,1H3,(H2,17,18,20). The maximum absolute atomic E-state index is 12.1. The average molecular weight is 329 g/mol. The Hall–Kier alpha value is -0.910. The lowest BCUT2D eigenvalue weighted by atomic mass is 10.1. The summed E-state index contributed by atoms with van der Waals surface area (Å²) in [5, 5.41) is 15.7. The second-order valence-electron chi connectivity index (χ2n) is 5.22. The first-order valence-electron chi connectivity index (χ1n) is 7.09. The van der Waals surface area contributed by atoms with E-state index in [1.807, 2.05) is 24.5 Å². The highest BCUT2D eigenvalue weighted by Crippen LogP contribution is 2.32. The normalized spacial score (nSPS) is 18.1. The van der Waals surface area contributed by atoms with E-state index in [0.717, 1.165) is 29.2 Å². The second kappa shape index (κ2) is 7.92. The summed E-state index contributed by atoms with van der Waals surface area (Å²) in [4.78, 5) is 12.1. The Labute approximate surface area is 134 Å². The topological polar surface area (TPSA) is 61.4 Å². The van der Waals surface area contributed by atoms with Crippen LogP contribution in [0, 0.1) is 0 Å². The number of hydrogen-bond donors (Lipinski definition) is 3. The van der Waals surface area contributed by atoms with Crippen LogP contribution in [0.15, 0.2) is 18.2 Å². The van der Waals surface area contributed by atoms with Gasteiger partial charge in [0.05, 0.1) is 6.04 Å². The third-order valence-corrected chi connectivity index (χ3v) is 4.64. The van der Waals surface area contributed by atoms with Crippen LogP contribution in [0.1, 0.15) is 30.0 Å². The molecule has 0 radical (unpaired) electrons. The molecule has 2 amide bonds. The Kier molecular flexibility index (Phi) is 6.21. The van der Waals surface area contributed by atoms with E-state index in [-0.39, 0.29) is 24.7 Å². The van der Waals surface area contributed by atoms with Gasteiger partial charge in [0.2, 0.25) is 0 Å². The van der Waals surface area contributed by atoms with E-state index in [9.17, 15) is 4.79 Å². The summed E-state index contributed by atoms with van der Waals surface area (Å²) in [5.74, 6) is 0.796. The number of rotatable bonds is 6. The van der Waals surface area contributed by atoms with E-state index in [0.29, 0.717) is 6.42 Å². The van der Waals surface area contributed by atoms with Gasteiger partial charge in [-0.1, -0.05) is 17.7 Å². The number of carbonyl (C=O) groups is 1. The highest BCUT2D eigenvalue weighted by atomic mass is 35.5. The quantitative estimate of drug-likeness (QED) is 0.752. The molecule has 0 aromatic heterocycles. The summed E-state index contributed by atoms with van der Waals surface area (Å²) >= 11 is 7.65. The summed E-state index contributed by atoms with van der Waals surface area (Å²) in [6.07, 6.45) is 4.40. The largest absolute Gasteiger partial charge is 0.396 e. The Bertz CT molecular complexity index is 493. The lowest BCUT2D eigenvalue weighted by Crippen LogP contribution is -2.44. The second-order valence-corrected chi connectivity index (χ2v) is 6.56. The molecule has 2 rings (SSSR count). The Morgan fingerprint density at radius 1 is 1.57 bits per heavy atom. The van der Waals surface area contributed by atoms with E-state index in [1.54, 1.807) is 11.8 Å². The summed E-state index contributed by atoms with van der Waals surface area (Å²) < 4.78 is 0. The van der Waals surface area contributed by atoms with Crippen molar-refractivity contribution in [2.45, 2.75) is 31.3 Å². The van der Waals surface area contributed by atoms with Gasteiger partial charge in [-0.15, -0.1) is 0 Å². The zero-order chi connectivity index (χ0) is 15.2. The van der Waals surface area contributed by atoms with Crippen molar-refractivity contribution in [2.75, 3.05) is 18.6 Å². The molecule has 1 aromatic carbocycles. The van der Waals surface area contributed by atoms with Gasteiger partial charge >= 0.3 is 6.03 Å². The molecule has 2 unspecified atom stereocenters. The third-order valence-electron chi connectivity index (χ3n) is 3.67. The highest BCUT2D eigenvalue weighted by Gasteiger charge is 2.24. The van der Waals surface area contributed by atoms with Gasteiger partial charge in [-0.05, 0) is 48.8 Å². The number of hydrogen-bond acceptors (Lipinski definition) is 3. The lowest BCUT2D eigenvalue weighted by molar-refractivity contribution is 0.228. The van der Waals surface area contributed by atoms with E-state index in [2.05, 4.69) is 10.6 Å². The number of fused-ring (bicyclic) bond motifs is 1. The van der Waals surface area contributed by atoms with Crippen molar-refractivity contribution >= 4 is 29.4 Å². The van der Waals surface area contributed by atoms with Crippen molar-refractivity contribution in [1.82, 2.24) is 10.6 Å². The number of urea groups is 1. The van der Waals surface area contributed by atoms with Crippen LogP contribution in [0.2, 0.25) is 5.02 Å². The molecule has 1 aromatic rings. The van der Waals surface area contributed by atoms with E-state index < -0.39 is 0 Å². The van der Waals surface area contributed by atoms with Crippen molar-refractivity contribution < 1.29 is 9.90 Å².